The minimum atomic E-state index is -0.421. The SMILES string of the molecule is CCCCCCCC/C=C\CCCCCCCCOC(=O)C(C)=CO. The highest BCUT2D eigenvalue weighted by atomic mass is 16.5. The third-order valence-electron chi connectivity index (χ3n) is 4.40. The van der Waals surface area contributed by atoms with Gasteiger partial charge in [0.15, 0.2) is 0 Å². The van der Waals surface area contributed by atoms with Crippen molar-refractivity contribution in [1.82, 2.24) is 0 Å². The first kappa shape index (κ1) is 23.8. The quantitative estimate of drug-likeness (QED) is 0.100. The Balaban J connectivity index is 3.21. The zero-order valence-electron chi connectivity index (χ0n) is 16.6. The van der Waals surface area contributed by atoms with E-state index < -0.39 is 5.97 Å². The van der Waals surface area contributed by atoms with Gasteiger partial charge in [-0.25, -0.2) is 4.79 Å². The third kappa shape index (κ3) is 17.4. The molecule has 0 heterocycles. The lowest BCUT2D eigenvalue weighted by atomic mass is 10.1. The molecule has 0 saturated carbocycles. The molecule has 0 aromatic carbocycles. The van der Waals surface area contributed by atoms with Crippen LogP contribution in [0.1, 0.15) is 104 Å². The number of allylic oxidation sites excluding steroid dienone is 2. The first-order valence-electron chi connectivity index (χ1n) is 10.4. The highest BCUT2D eigenvalue weighted by Crippen LogP contribution is 2.10. The maximum absolute atomic E-state index is 11.3. The number of aliphatic hydroxyl groups is 1. The Morgan fingerprint density at radius 1 is 0.800 bits per heavy atom. The molecular formula is C22H40O3. The summed E-state index contributed by atoms with van der Waals surface area (Å²) in [5.74, 6) is -0.421. The molecule has 0 aromatic rings. The lowest BCUT2D eigenvalue weighted by molar-refractivity contribution is -0.139. The molecule has 146 valence electrons. The van der Waals surface area contributed by atoms with Gasteiger partial charge in [0, 0.05) is 0 Å². The van der Waals surface area contributed by atoms with Gasteiger partial charge in [0.05, 0.1) is 18.4 Å². The Kier molecular flexibility index (Phi) is 18.1. The van der Waals surface area contributed by atoms with Crippen molar-refractivity contribution in [3.8, 4) is 0 Å². The molecule has 0 saturated heterocycles. The molecule has 0 aliphatic carbocycles. The van der Waals surface area contributed by atoms with E-state index in [0.717, 1.165) is 19.1 Å². The molecule has 0 atom stereocenters. The van der Waals surface area contributed by atoms with Crippen LogP contribution >= 0.6 is 0 Å². The van der Waals surface area contributed by atoms with Crippen molar-refractivity contribution in [1.29, 1.82) is 0 Å². The van der Waals surface area contributed by atoms with E-state index in [1.54, 1.807) is 6.92 Å². The van der Waals surface area contributed by atoms with Crippen molar-refractivity contribution in [2.24, 2.45) is 0 Å². The van der Waals surface area contributed by atoms with Crippen molar-refractivity contribution in [2.45, 2.75) is 104 Å². The summed E-state index contributed by atoms with van der Waals surface area (Å²) >= 11 is 0. The van der Waals surface area contributed by atoms with Gasteiger partial charge < -0.3 is 9.84 Å². The molecule has 1 N–H and O–H groups in total. The fraction of sp³-hybridized carbons (Fsp3) is 0.773. The smallest absolute Gasteiger partial charge is 0.336 e. The molecule has 0 aliphatic rings. The van der Waals surface area contributed by atoms with E-state index in [1.165, 1.54) is 77.0 Å². The van der Waals surface area contributed by atoms with Crippen molar-refractivity contribution < 1.29 is 14.6 Å². The van der Waals surface area contributed by atoms with Crippen molar-refractivity contribution in [3.05, 3.63) is 24.0 Å². The molecule has 3 heteroatoms. The van der Waals surface area contributed by atoms with Crippen LogP contribution in [0.25, 0.3) is 0 Å². The summed E-state index contributed by atoms with van der Waals surface area (Å²) in [6.45, 7) is 4.26. The number of esters is 1. The number of carbonyl (C=O) groups is 1. The molecule has 25 heavy (non-hydrogen) atoms. The predicted molar refractivity (Wildman–Crippen MR) is 107 cm³/mol. The second-order valence-electron chi connectivity index (χ2n) is 6.89. The van der Waals surface area contributed by atoms with Gasteiger partial charge in [0.1, 0.15) is 0 Å². The van der Waals surface area contributed by atoms with E-state index in [2.05, 4.69) is 19.1 Å². The molecule has 0 fully saturated rings. The summed E-state index contributed by atoms with van der Waals surface area (Å²) in [4.78, 5) is 11.3. The Morgan fingerprint density at radius 3 is 1.80 bits per heavy atom. The first-order chi connectivity index (χ1) is 12.2. The normalized spacial score (nSPS) is 12.0. The van der Waals surface area contributed by atoms with Crippen LogP contribution in [0.2, 0.25) is 0 Å². The monoisotopic (exact) mass is 352 g/mol. The van der Waals surface area contributed by atoms with Gasteiger partial charge in [-0.2, -0.15) is 0 Å². The van der Waals surface area contributed by atoms with E-state index in [1.807, 2.05) is 0 Å². The number of hydrogen-bond donors (Lipinski definition) is 1. The minimum Gasteiger partial charge on any atom is -0.515 e. The third-order valence-corrected chi connectivity index (χ3v) is 4.40. The van der Waals surface area contributed by atoms with E-state index in [0.29, 0.717) is 6.61 Å². The van der Waals surface area contributed by atoms with Gasteiger partial charge in [-0.05, 0) is 39.0 Å². The Morgan fingerprint density at radius 2 is 1.28 bits per heavy atom. The van der Waals surface area contributed by atoms with Gasteiger partial charge in [-0.15, -0.1) is 0 Å². The number of aliphatic hydroxyl groups excluding tert-OH is 1. The van der Waals surface area contributed by atoms with Crippen LogP contribution in [-0.4, -0.2) is 17.7 Å². The van der Waals surface area contributed by atoms with Crippen molar-refractivity contribution in [2.75, 3.05) is 6.61 Å². The topological polar surface area (TPSA) is 46.5 Å². The van der Waals surface area contributed by atoms with Crippen molar-refractivity contribution in [3.63, 3.8) is 0 Å². The summed E-state index contributed by atoms with van der Waals surface area (Å²) in [6, 6.07) is 0. The molecule has 0 spiro atoms. The van der Waals surface area contributed by atoms with Gasteiger partial charge in [0.2, 0.25) is 0 Å². The molecule has 0 radical (unpaired) electrons. The van der Waals surface area contributed by atoms with E-state index in [4.69, 9.17) is 9.84 Å². The number of ether oxygens (including phenoxy) is 1. The second kappa shape index (κ2) is 19.1. The number of unbranched alkanes of at least 4 members (excludes halogenated alkanes) is 12. The minimum absolute atomic E-state index is 0.254. The summed E-state index contributed by atoms with van der Waals surface area (Å²) in [6.07, 6.45) is 23.2. The zero-order chi connectivity index (χ0) is 18.6. The molecule has 0 aliphatic heterocycles. The summed E-state index contributed by atoms with van der Waals surface area (Å²) in [5, 5.41) is 8.68. The molecule has 0 rings (SSSR count). The predicted octanol–water partition coefficient (Wildman–Crippen LogP) is 7.03. The van der Waals surface area contributed by atoms with E-state index in [-0.39, 0.29) is 5.57 Å². The summed E-state index contributed by atoms with van der Waals surface area (Å²) in [7, 11) is 0. The summed E-state index contributed by atoms with van der Waals surface area (Å²) < 4.78 is 5.04. The molecular weight excluding hydrogens is 312 g/mol. The second-order valence-corrected chi connectivity index (χ2v) is 6.89. The average molecular weight is 353 g/mol. The lowest BCUT2D eigenvalue weighted by Crippen LogP contribution is -2.07. The molecule has 0 unspecified atom stereocenters. The fourth-order valence-electron chi connectivity index (χ4n) is 2.68. The van der Waals surface area contributed by atoms with Gasteiger partial charge in [-0.1, -0.05) is 76.9 Å². The standard InChI is InChI=1S/C22H40O3/c1-3-4-5-6-7-8-9-10-11-12-13-14-15-16-17-18-19-25-22(24)21(2)20-23/h10-11,20,23H,3-9,12-19H2,1-2H3/b11-10-,21-20?. The van der Waals surface area contributed by atoms with Crippen LogP contribution in [0.4, 0.5) is 0 Å². The fourth-order valence-corrected chi connectivity index (χ4v) is 2.68. The lowest BCUT2D eigenvalue weighted by Gasteiger charge is -2.04. The van der Waals surface area contributed by atoms with Crippen molar-refractivity contribution >= 4 is 5.97 Å². The highest BCUT2D eigenvalue weighted by Gasteiger charge is 2.04. The molecule has 0 bridgehead atoms. The number of carbonyl (C=O) groups excluding carboxylic acids is 1. The zero-order valence-corrected chi connectivity index (χ0v) is 16.6. The van der Waals surface area contributed by atoms with Crippen LogP contribution in [0.5, 0.6) is 0 Å². The summed E-state index contributed by atoms with van der Waals surface area (Å²) in [5.41, 5.74) is 0.254. The van der Waals surface area contributed by atoms with Gasteiger partial charge in [0.25, 0.3) is 0 Å². The van der Waals surface area contributed by atoms with Crippen LogP contribution in [-0.2, 0) is 9.53 Å². The largest absolute Gasteiger partial charge is 0.515 e. The van der Waals surface area contributed by atoms with E-state index in [9.17, 15) is 4.79 Å². The first-order valence-corrected chi connectivity index (χ1v) is 10.4. The number of rotatable bonds is 17. The Hall–Kier alpha value is -1.25. The maximum Gasteiger partial charge on any atom is 0.336 e. The van der Waals surface area contributed by atoms with Crippen LogP contribution < -0.4 is 0 Å². The maximum atomic E-state index is 11.3. The number of hydrogen-bond acceptors (Lipinski definition) is 3. The Labute approximate surface area is 155 Å². The van der Waals surface area contributed by atoms with Gasteiger partial charge in [-0.3, -0.25) is 0 Å². The van der Waals surface area contributed by atoms with Crippen LogP contribution in [0, 0.1) is 0 Å². The van der Waals surface area contributed by atoms with Crippen LogP contribution in [0.3, 0.4) is 0 Å². The molecule has 0 amide bonds. The average Bonchev–Trinajstić information content (AvgIpc) is 2.63. The highest BCUT2D eigenvalue weighted by molar-refractivity contribution is 5.87. The van der Waals surface area contributed by atoms with Crippen LogP contribution in [0.15, 0.2) is 24.0 Å². The molecule has 3 nitrogen and oxygen atoms in total. The van der Waals surface area contributed by atoms with E-state index >= 15 is 0 Å². The Bertz CT molecular complexity index is 358. The van der Waals surface area contributed by atoms with Gasteiger partial charge >= 0.3 is 5.97 Å². The molecule has 0 aromatic heterocycles.